The number of para-hydroxylation sites is 1. The van der Waals surface area contributed by atoms with Gasteiger partial charge in [0.2, 0.25) is 5.91 Å². The van der Waals surface area contributed by atoms with Gasteiger partial charge < -0.3 is 39.3 Å². The second-order valence-electron chi connectivity index (χ2n) is 12.7. The summed E-state index contributed by atoms with van der Waals surface area (Å²) in [7, 11) is 0. The van der Waals surface area contributed by atoms with Crippen LogP contribution in [0.15, 0.2) is 30.5 Å². The van der Waals surface area contributed by atoms with Crippen LogP contribution in [0, 0.1) is 0 Å². The lowest BCUT2D eigenvalue weighted by molar-refractivity contribution is -0.149. The predicted octanol–water partition coefficient (Wildman–Crippen LogP) is 1.62. The molecule has 2 aromatic rings. The van der Waals surface area contributed by atoms with Crippen molar-refractivity contribution in [2.24, 2.45) is 0 Å². The van der Waals surface area contributed by atoms with E-state index in [0.717, 1.165) is 42.6 Å². The molecule has 0 radical (unpaired) electrons. The number of nitrogens with one attached hydrogen (secondary N) is 3. The summed E-state index contributed by atoms with van der Waals surface area (Å²) in [5, 5.41) is 6.29. The number of aromatic nitrogens is 1. The maximum absolute atomic E-state index is 13.3. The summed E-state index contributed by atoms with van der Waals surface area (Å²) in [6.45, 7) is 12.1. The van der Waals surface area contributed by atoms with Crippen LogP contribution in [0.3, 0.4) is 0 Å². The minimum absolute atomic E-state index is 0.0622. The maximum atomic E-state index is 13.3. The second kappa shape index (κ2) is 18.0. The Labute approximate surface area is 275 Å². The summed E-state index contributed by atoms with van der Waals surface area (Å²) in [5.41, 5.74) is 0.977. The summed E-state index contributed by atoms with van der Waals surface area (Å²) in [5.74, 6) is -1.70. The first kappa shape index (κ1) is 36.1. The fourth-order valence-electron chi connectivity index (χ4n) is 5.36. The molecule has 14 heteroatoms. The number of nitrogens with zero attached hydrogens (tertiary/aromatic N) is 2. The van der Waals surface area contributed by atoms with Gasteiger partial charge in [-0.25, -0.2) is 14.4 Å². The molecule has 3 N–H and O–H groups in total. The fraction of sp³-hybridized carbons (Fsp3) is 0.636. The number of ether oxygens (including phenoxy) is 5. The number of aromatic amines is 1. The highest BCUT2D eigenvalue weighted by Gasteiger charge is 2.29. The van der Waals surface area contributed by atoms with E-state index in [4.69, 9.17) is 23.7 Å². The van der Waals surface area contributed by atoms with E-state index in [1.807, 2.05) is 30.5 Å². The maximum Gasteiger partial charge on any atom is 0.408 e. The Kier molecular flexibility index (Phi) is 13.8. The Morgan fingerprint density at radius 1 is 0.851 bits per heavy atom. The summed E-state index contributed by atoms with van der Waals surface area (Å²) in [6, 6.07) is 5.60. The molecule has 2 atom stereocenters. The number of esters is 2. The van der Waals surface area contributed by atoms with Crippen molar-refractivity contribution in [3.8, 4) is 0 Å². The number of fused-ring (bicyclic) bond motifs is 1. The third kappa shape index (κ3) is 12.4. The molecule has 2 fully saturated rings. The first-order valence-electron chi connectivity index (χ1n) is 16.3. The number of benzene rings is 1. The molecule has 1 aromatic carbocycles. The largest absolute Gasteiger partial charge is 0.463 e. The van der Waals surface area contributed by atoms with Crippen molar-refractivity contribution in [1.29, 1.82) is 0 Å². The van der Waals surface area contributed by atoms with E-state index in [2.05, 4.69) is 25.4 Å². The fourth-order valence-corrected chi connectivity index (χ4v) is 5.36. The predicted molar refractivity (Wildman–Crippen MR) is 173 cm³/mol. The van der Waals surface area contributed by atoms with Gasteiger partial charge in [-0.2, -0.15) is 0 Å². The van der Waals surface area contributed by atoms with Crippen LogP contribution in [0.25, 0.3) is 10.9 Å². The highest BCUT2D eigenvalue weighted by Crippen LogP contribution is 2.20. The zero-order valence-electron chi connectivity index (χ0n) is 27.7. The van der Waals surface area contributed by atoms with Crippen LogP contribution in [0.4, 0.5) is 4.79 Å². The van der Waals surface area contributed by atoms with Crippen LogP contribution in [-0.2, 0) is 44.5 Å². The Morgan fingerprint density at radius 3 is 2.02 bits per heavy atom. The Hall–Kier alpha value is -3.72. The summed E-state index contributed by atoms with van der Waals surface area (Å²) >= 11 is 0. The second-order valence-corrected chi connectivity index (χ2v) is 12.7. The van der Waals surface area contributed by atoms with E-state index in [-0.39, 0.29) is 32.5 Å². The lowest BCUT2D eigenvalue weighted by Gasteiger charge is -2.27. The van der Waals surface area contributed by atoms with Gasteiger partial charge in [-0.15, -0.1) is 0 Å². The van der Waals surface area contributed by atoms with E-state index in [0.29, 0.717) is 39.5 Å². The minimum atomic E-state index is -1.13. The van der Waals surface area contributed by atoms with Gasteiger partial charge in [0, 0.05) is 69.2 Å². The average molecular weight is 660 g/mol. The van der Waals surface area contributed by atoms with Crippen LogP contribution >= 0.6 is 0 Å². The highest BCUT2D eigenvalue weighted by atomic mass is 16.6. The molecular formula is C33H49N5O9. The Bertz CT molecular complexity index is 1320. The molecule has 0 aliphatic carbocycles. The molecule has 260 valence electrons. The molecule has 2 saturated heterocycles. The number of carbonyl (C=O) groups is 4. The lowest BCUT2D eigenvalue weighted by atomic mass is 10.0. The van der Waals surface area contributed by atoms with Crippen LogP contribution in [0.2, 0.25) is 0 Å². The van der Waals surface area contributed by atoms with Gasteiger partial charge >= 0.3 is 18.0 Å². The van der Waals surface area contributed by atoms with Crippen molar-refractivity contribution >= 4 is 34.8 Å². The molecule has 3 heterocycles. The van der Waals surface area contributed by atoms with Crippen LogP contribution in [-0.4, -0.2) is 135 Å². The number of alkyl carbamates (subject to hydrolysis) is 1. The van der Waals surface area contributed by atoms with Crippen molar-refractivity contribution in [2.45, 2.75) is 57.7 Å². The number of amides is 2. The Balaban J connectivity index is 1.37. The van der Waals surface area contributed by atoms with E-state index < -0.39 is 41.6 Å². The monoisotopic (exact) mass is 659 g/mol. The molecule has 2 amide bonds. The number of rotatable bonds is 15. The third-order valence-electron chi connectivity index (χ3n) is 7.87. The lowest BCUT2D eigenvalue weighted by Crippen LogP contribution is -2.47. The number of hydrogen-bond donors (Lipinski definition) is 3. The zero-order chi connectivity index (χ0) is 33.6. The van der Waals surface area contributed by atoms with Crippen LogP contribution < -0.4 is 10.6 Å². The standard InChI is InChI=1S/C33H49N5O9/c1-33(2,3)47-32(42)36-27(30(40)45-20-14-37-10-16-43-17-11-37)8-9-29(39)35-28(22-24-23-34-26-7-5-4-6-25(24)26)31(41)46-21-15-38-12-18-44-19-13-38/h4-7,23,27-28,34H,8-22H2,1-3H3,(H,35,39)(H,36,42)/t27-,28-/m1/s1. The Morgan fingerprint density at radius 2 is 1.43 bits per heavy atom. The van der Waals surface area contributed by atoms with Gasteiger partial charge in [-0.1, -0.05) is 18.2 Å². The molecule has 14 nitrogen and oxygen atoms in total. The van der Waals surface area contributed by atoms with E-state index in [9.17, 15) is 19.2 Å². The summed E-state index contributed by atoms with van der Waals surface area (Å²) in [4.78, 5) is 59.7. The van der Waals surface area contributed by atoms with E-state index in [1.165, 1.54) is 0 Å². The molecule has 4 rings (SSSR count). The van der Waals surface area contributed by atoms with Crippen LogP contribution in [0.5, 0.6) is 0 Å². The molecule has 1 aromatic heterocycles. The number of morpholine rings is 2. The number of H-pyrrole nitrogens is 1. The van der Waals surface area contributed by atoms with E-state index >= 15 is 0 Å². The third-order valence-corrected chi connectivity index (χ3v) is 7.87. The van der Waals surface area contributed by atoms with Crippen molar-refractivity contribution in [1.82, 2.24) is 25.4 Å². The van der Waals surface area contributed by atoms with Crippen molar-refractivity contribution in [3.05, 3.63) is 36.0 Å². The van der Waals surface area contributed by atoms with Gasteiger partial charge in [-0.3, -0.25) is 14.6 Å². The normalized spacial score (nSPS) is 17.4. The van der Waals surface area contributed by atoms with E-state index in [1.54, 1.807) is 20.8 Å². The molecule has 2 aliphatic rings. The zero-order valence-corrected chi connectivity index (χ0v) is 27.7. The number of hydrogen-bond acceptors (Lipinski definition) is 11. The molecular weight excluding hydrogens is 610 g/mol. The van der Waals surface area contributed by atoms with Gasteiger partial charge in [0.25, 0.3) is 0 Å². The van der Waals surface area contributed by atoms with Crippen LogP contribution in [0.1, 0.15) is 39.2 Å². The van der Waals surface area contributed by atoms with Crippen molar-refractivity contribution < 1.29 is 42.9 Å². The minimum Gasteiger partial charge on any atom is -0.463 e. The molecule has 0 unspecified atom stereocenters. The van der Waals surface area contributed by atoms with Gasteiger partial charge in [0.15, 0.2) is 0 Å². The number of carbonyl (C=O) groups excluding carboxylic acids is 4. The van der Waals surface area contributed by atoms with Gasteiger partial charge in [0.1, 0.15) is 30.9 Å². The molecule has 47 heavy (non-hydrogen) atoms. The quantitative estimate of drug-likeness (QED) is 0.188. The smallest absolute Gasteiger partial charge is 0.408 e. The first-order valence-corrected chi connectivity index (χ1v) is 16.3. The SMILES string of the molecule is CC(C)(C)OC(=O)N[C@H](CCC(=O)N[C@H](Cc1c[nH]c2ccccc12)C(=O)OCCN1CCOCC1)C(=O)OCCN1CCOCC1. The molecule has 2 aliphatic heterocycles. The topological polar surface area (TPSA) is 161 Å². The molecule has 0 saturated carbocycles. The average Bonchev–Trinajstić information content (AvgIpc) is 3.45. The van der Waals surface area contributed by atoms with Crippen molar-refractivity contribution in [2.75, 3.05) is 78.9 Å². The first-order chi connectivity index (χ1) is 22.6. The highest BCUT2D eigenvalue weighted by molar-refractivity contribution is 5.88. The van der Waals surface area contributed by atoms with Gasteiger partial charge in [0.05, 0.1) is 26.4 Å². The molecule has 0 bridgehead atoms. The summed E-state index contributed by atoms with van der Waals surface area (Å²) < 4.78 is 27.2. The molecule has 0 spiro atoms. The van der Waals surface area contributed by atoms with Crippen molar-refractivity contribution in [3.63, 3.8) is 0 Å². The van der Waals surface area contributed by atoms with Gasteiger partial charge in [-0.05, 0) is 38.8 Å². The summed E-state index contributed by atoms with van der Waals surface area (Å²) in [6.07, 6.45) is 1.00.